The van der Waals surface area contributed by atoms with Gasteiger partial charge in [-0.15, -0.1) is 0 Å². The van der Waals surface area contributed by atoms with E-state index in [1.54, 1.807) is 6.21 Å². The molecule has 0 fully saturated rings. The second-order valence-corrected chi connectivity index (χ2v) is 7.36. The van der Waals surface area contributed by atoms with Crippen LogP contribution in [0.1, 0.15) is 56.6 Å². The lowest BCUT2D eigenvalue weighted by Gasteiger charge is -2.06. The van der Waals surface area contributed by atoms with Crippen LogP contribution >= 0.6 is 15.9 Å². The maximum Gasteiger partial charge on any atom is 0.240 e. The van der Waals surface area contributed by atoms with Crippen molar-refractivity contribution in [1.29, 1.82) is 0 Å². The Morgan fingerprint density at radius 2 is 1.74 bits per heavy atom. The van der Waals surface area contributed by atoms with E-state index in [2.05, 4.69) is 33.4 Å². The zero-order chi connectivity index (χ0) is 19.3. The van der Waals surface area contributed by atoms with Gasteiger partial charge < -0.3 is 4.74 Å². The molecule has 5 heteroatoms. The topological polar surface area (TPSA) is 50.7 Å². The first-order valence-electron chi connectivity index (χ1n) is 9.46. The molecule has 0 aliphatic carbocycles. The number of hydrogen-bond donors (Lipinski definition) is 1. The Labute approximate surface area is 170 Å². The second kappa shape index (κ2) is 12.3. The maximum atomic E-state index is 11.7. The average molecular weight is 431 g/mol. The predicted molar refractivity (Wildman–Crippen MR) is 114 cm³/mol. The molecule has 2 aromatic carbocycles. The van der Waals surface area contributed by atoms with Crippen LogP contribution in [-0.2, 0) is 11.4 Å². The van der Waals surface area contributed by atoms with Crippen LogP contribution in [0.2, 0.25) is 0 Å². The summed E-state index contributed by atoms with van der Waals surface area (Å²) < 4.78 is 6.83. The van der Waals surface area contributed by atoms with E-state index in [4.69, 9.17) is 4.74 Å². The van der Waals surface area contributed by atoms with Crippen LogP contribution in [0.5, 0.6) is 5.75 Å². The molecule has 0 saturated heterocycles. The van der Waals surface area contributed by atoms with Crippen molar-refractivity contribution >= 4 is 28.1 Å². The molecule has 4 nitrogen and oxygen atoms in total. The number of nitrogens with zero attached hydrogens (tertiary/aromatic N) is 1. The molecule has 0 aliphatic heterocycles. The minimum absolute atomic E-state index is 0.0304. The molecule has 1 amide bonds. The van der Waals surface area contributed by atoms with E-state index in [1.165, 1.54) is 19.3 Å². The lowest BCUT2D eigenvalue weighted by molar-refractivity contribution is -0.121. The number of hydrazone groups is 1. The molecule has 1 N–H and O–H groups in total. The van der Waals surface area contributed by atoms with Crippen LogP contribution in [-0.4, -0.2) is 12.1 Å². The predicted octanol–water partition coefficient (Wildman–Crippen LogP) is 5.84. The van der Waals surface area contributed by atoms with Crippen molar-refractivity contribution in [3.8, 4) is 5.75 Å². The fourth-order valence-electron chi connectivity index (χ4n) is 2.52. The summed E-state index contributed by atoms with van der Waals surface area (Å²) in [4.78, 5) is 11.7. The Morgan fingerprint density at radius 3 is 2.44 bits per heavy atom. The molecule has 0 radical (unpaired) electrons. The van der Waals surface area contributed by atoms with Gasteiger partial charge in [-0.25, -0.2) is 5.43 Å². The summed E-state index contributed by atoms with van der Waals surface area (Å²) >= 11 is 3.42. The third-order valence-electron chi connectivity index (χ3n) is 4.11. The number of amides is 1. The summed E-state index contributed by atoms with van der Waals surface area (Å²) in [6.45, 7) is 2.71. The summed E-state index contributed by atoms with van der Waals surface area (Å²) in [6, 6.07) is 15.7. The number of unbranched alkanes of at least 4 members (excludes halogenated alkanes) is 4. The van der Waals surface area contributed by atoms with E-state index in [1.807, 2.05) is 48.5 Å². The maximum absolute atomic E-state index is 11.7. The Bertz CT molecular complexity index is 712. The van der Waals surface area contributed by atoms with E-state index in [9.17, 15) is 4.79 Å². The summed E-state index contributed by atoms with van der Waals surface area (Å²) in [6.07, 6.45) is 7.85. The van der Waals surface area contributed by atoms with Crippen LogP contribution in [0.3, 0.4) is 0 Å². The normalized spacial score (nSPS) is 10.9. The van der Waals surface area contributed by atoms with Crippen LogP contribution < -0.4 is 10.2 Å². The van der Waals surface area contributed by atoms with Gasteiger partial charge in [0.1, 0.15) is 12.4 Å². The zero-order valence-corrected chi connectivity index (χ0v) is 17.4. The van der Waals surface area contributed by atoms with E-state index < -0.39 is 0 Å². The van der Waals surface area contributed by atoms with Gasteiger partial charge in [0.2, 0.25) is 5.91 Å². The lowest BCUT2D eigenvalue weighted by atomic mass is 10.1. The molecule has 0 aromatic heterocycles. The minimum atomic E-state index is -0.0304. The Hall–Kier alpha value is -2.14. The highest BCUT2D eigenvalue weighted by atomic mass is 79.9. The summed E-state index contributed by atoms with van der Waals surface area (Å²) in [5.41, 5.74) is 4.61. The van der Waals surface area contributed by atoms with Crippen molar-refractivity contribution in [2.24, 2.45) is 5.10 Å². The molecule has 0 spiro atoms. The molecule has 0 atom stereocenters. The van der Waals surface area contributed by atoms with Gasteiger partial charge in [0.05, 0.1) is 6.21 Å². The summed E-state index contributed by atoms with van der Waals surface area (Å²) in [5.74, 6) is 0.767. The molecule has 0 bridgehead atoms. The van der Waals surface area contributed by atoms with Crippen molar-refractivity contribution < 1.29 is 9.53 Å². The van der Waals surface area contributed by atoms with Gasteiger partial charge in [0, 0.05) is 10.9 Å². The van der Waals surface area contributed by atoms with Gasteiger partial charge >= 0.3 is 0 Å². The first-order valence-corrected chi connectivity index (χ1v) is 10.3. The number of carbonyl (C=O) groups is 1. The van der Waals surface area contributed by atoms with Gasteiger partial charge in [-0.1, -0.05) is 60.7 Å². The number of ether oxygens (including phenoxy) is 1. The van der Waals surface area contributed by atoms with Crippen molar-refractivity contribution in [2.45, 2.75) is 52.1 Å². The number of halogens is 1. The summed E-state index contributed by atoms with van der Waals surface area (Å²) in [5, 5.41) is 4.02. The van der Waals surface area contributed by atoms with Gasteiger partial charge in [0.15, 0.2) is 0 Å². The fraction of sp³-hybridized carbons (Fsp3) is 0.364. The van der Waals surface area contributed by atoms with Crippen LogP contribution in [0, 0.1) is 0 Å². The van der Waals surface area contributed by atoms with Crippen molar-refractivity contribution in [3.63, 3.8) is 0 Å². The first-order chi connectivity index (χ1) is 13.2. The number of carbonyl (C=O) groups excluding carboxylic acids is 1. The second-order valence-electron chi connectivity index (χ2n) is 6.44. The lowest BCUT2D eigenvalue weighted by Crippen LogP contribution is -2.16. The molecule has 2 aromatic rings. The monoisotopic (exact) mass is 430 g/mol. The molecule has 0 unspecified atom stereocenters. The van der Waals surface area contributed by atoms with Crippen molar-refractivity contribution in [3.05, 3.63) is 64.1 Å². The smallest absolute Gasteiger partial charge is 0.240 e. The largest absolute Gasteiger partial charge is 0.489 e. The standard InChI is InChI=1S/C22H27BrN2O2/c1-2-3-4-5-6-7-22(26)25-24-16-18-10-14-21(15-11-18)27-17-19-8-12-20(23)13-9-19/h8-16H,2-7,17H2,1H3,(H,25,26). The molecule has 144 valence electrons. The third-order valence-corrected chi connectivity index (χ3v) is 4.64. The van der Waals surface area contributed by atoms with Crippen LogP contribution in [0.4, 0.5) is 0 Å². The zero-order valence-electron chi connectivity index (χ0n) is 15.8. The number of nitrogens with one attached hydrogen (secondary N) is 1. The van der Waals surface area contributed by atoms with Crippen molar-refractivity contribution in [1.82, 2.24) is 5.43 Å². The first kappa shape index (κ1) is 21.2. The van der Waals surface area contributed by atoms with Gasteiger partial charge in [-0.05, 0) is 53.9 Å². The van der Waals surface area contributed by atoms with Gasteiger partial charge in [-0.3, -0.25) is 4.79 Å². The van der Waals surface area contributed by atoms with Gasteiger partial charge in [-0.2, -0.15) is 5.10 Å². The highest BCUT2D eigenvalue weighted by Gasteiger charge is 2.00. The van der Waals surface area contributed by atoms with Gasteiger partial charge in [0.25, 0.3) is 0 Å². The Kier molecular flexibility index (Phi) is 9.63. The Balaban J connectivity index is 1.69. The number of rotatable bonds is 11. The molecular weight excluding hydrogens is 404 g/mol. The minimum Gasteiger partial charge on any atom is -0.489 e. The van der Waals surface area contributed by atoms with Crippen LogP contribution in [0.25, 0.3) is 0 Å². The average Bonchev–Trinajstić information content (AvgIpc) is 2.68. The van der Waals surface area contributed by atoms with Crippen molar-refractivity contribution in [2.75, 3.05) is 0 Å². The summed E-state index contributed by atoms with van der Waals surface area (Å²) in [7, 11) is 0. The molecule has 0 aliphatic rings. The third kappa shape index (κ3) is 8.87. The highest BCUT2D eigenvalue weighted by molar-refractivity contribution is 9.10. The van der Waals surface area contributed by atoms with E-state index in [-0.39, 0.29) is 5.91 Å². The molecule has 27 heavy (non-hydrogen) atoms. The molecule has 2 rings (SSSR count). The highest BCUT2D eigenvalue weighted by Crippen LogP contribution is 2.15. The van der Waals surface area contributed by atoms with E-state index in [0.29, 0.717) is 13.0 Å². The SMILES string of the molecule is CCCCCCCC(=O)NN=Cc1ccc(OCc2ccc(Br)cc2)cc1. The fourth-order valence-corrected chi connectivity index (χ4v) is 2.79. The Morgan fingerprint density at radius 1 is 1.04 bits per heavy atom. The van der Waals surface area contributed by atoms with Crippen LogP contribution in [0.15, 0.2) is 58.1 Å². The number of hydrogen-bond acceptors (Lipinski definition) is 3. The molecular formula is C22H27BrN2O2. The molecule has 0 saturated carbocycles. The molecule has 0 heterocycles. The van der Waals surface area contributed by atoms with E-state index in [0.717, 1.165) is 34.2 Å². The van der Waals surface area contributed by atoms with E-state index >= 15 is 0 Å². The number of benzene rings is 2. The quantitative estimate of drug-likeness (QED) is 0.276.